The van der Waals surface area contributed by atoms with Gasteiger partial charge in [-0.25, -0.2) is 14.7 Å². The summed E-state index contributed by atoms with van der Waals surface area (Å²) in [4.78, 5) is 15.8. The van der Waals surface area contributed by atoms with Crippen molar-refractivity contribution in [3.8, 4) is 0 Å². The fourth-order valence-electron chi connectivity index (χ4n) is 1.13. The molecule has 3 N–H and O–H groups in total. The Bertz CT molecular complexity index is 385. The first-order chi connectivity index (χ1) is 7.54. The summed E-state index contributed by atoms with van der Waals surface area (Å²) >= 11 is 0. The van der Waals surface area contributed by atoms with E-state index >= 15 is 0 Å². The standard InChI is InChI=1S/C10H12F2N2O2/c1-6(5-16-13)14-10(15)7-2-3-8(11)9(12)4-7/h2-4,6H,5,13H2,1H3,(H,14,15). The molecule has 0 aliphatic rings. The van der Waals surface area contributed by atoms with Gasteiger partial charge in [-0.15, -0.1) is 0 Å². The third-order valence-electron chi connectivity index (χ3n) is 1.91. The summed E-state index contributed by atoms with van der Waals surface area (Å²) in [6.07, 6.45) is 0. The van der Waals surface area contributed by atoms with E-state index in [4.69, 9.17) is 5.90 Å². The Morgan fingerprint density at radius 2 is 2.19 bits per heavy atom. The summed E-state index contributed by atoms with van der Waals surface area (Å²) in [5.74, 6) is 2.27. The van der Waals surface area contributed by atoms with Crippen LogP contribution in [0.3, 0.4) is 0 Å². The van der Waals surface area contributed by atoms with Crippen molar-refractivity contribution in [3.05, 3.63) is 35.4 Å². The average Bonchev–Trinajstić information content (AvgIpc) is 2.22. The van der Waals surface area contributed by atoms with Gasteiger partial charge in [0.2, 0.25) is 0 Å². The zero-order valence-corrected chi connectivity index (χ0v) is 8.67. The number of carbonyl (C=O) groups excluding carboxylic acids is 1. The first-order valence-corrected chi connectivity index (χ1v) is 4.62. The smallest absolute Gasteiger partial charge is 0.251 e. The molecule has 1 aromatic rings. The van der Waals surface area contributed by atoms with Gasteiger partial charge in [0.15, 0.2) is 11.6 Å². The van der Waals surface area contributed by atoms with Gasteiger partial charge in [0.25, 0.3) is 5.91 Å². The van der Waals surface area contributed by atoms with Crippen molar-refractivity contribution in [2.75, 3.05) is 6.61 Å². The van der Waals surface area contributed by atoms with Gasteiger partial charge in [-0.3, -0.25) is 4.79 Å². The van der Waals surface area contributed by atoms with Crippen LogP contribution in [-0.2, 0) is 4.84 Å². The molecule has 0 radical (unpaired) electrons. The minimum absolute atomic E-state index is 0.0442. The molecule has 0 saturated carbocycles. The highest BCUT2D eigenvalue weighted by Crippen LogP contribution is 2.08. The third kappa shape index (κ3) is 3.25. The molecule has 1 atom stereocenters. The van der Waals surface area contributed by atoms with E-state index in [0.29, 0.717) is 0 Å². The number of nitrogens with two attached hydrogens (primary N) is 1. The third-order valence-corrected chi connectivity index (χ3v) is 1.91. The van der Waals surface area contributed by atoms with Gasteiger partial charge in [-0.05, 0) is 25.1 Å². The first kappa shape index (κ1) is 12.5. The topological polar surface area (TPSA) is 64.3 Å². The molecule has 0 aliphatic carbocycles. The fourth-order valence-corrected chi connectivity index (χ4v) is 1.13. The molecule has 6 heteroatoms. The minimum atomic E-state index is -1.06. The Morgan fingerprint density at radius 1 is 1.50 bits per heavy atom. The van der Waals surface area contributed by atoms with E-state index in [1.807, 2.05) is 0 Å². The van der Waals surface area contributed by atoms with E-state index in [9.17, 15) is 13.6 Å². The quantitative estimate of drug-likeness (QED) is 0.757. The Labute approximate surface area is 91.3 Å². The Kier molecular flexibility index (Phi) is 4.33. The van der Waals surface area contributed by atoms with Crippen LogP contribution in [0, 0.1) is 11.6 Å². The second-order valence-corrected chi connectivity index (χ2v) is 3.34. The number of hydrogen-bond donors (Lipinski definition) is 2. The molecule has 88 valence electrons. The zero-order valence-electron chi connectivity index (χ0n) is 8.67. The Balaban J connectivity index is 2.69. The van der Waals surface area contributed by atoms with Crippen LogP contribution in [0.5, 0.6) is 0 Å². The van der Waals surface area contributed by atoms with Crippen LogP contribution in [0.15, 0.2) is 18.2 Å². The van der Waals surface area contributed by atoms with Crippen LogP contribution >= 0.6 is 0 Å². The second-order valence-electron chi connectivity index (χ2n) is 3.34. The summed E-state index contributed by atoms with van der Waals surface area (Å²) in [7, 11) is 0. The molecule has 1 aromatic carbocycles. The Morgan fingerprint density at radius 3 is 2.75 bits per heavy atom. The predicted octanol–water partition coefficient (Wildman–Crippen LogP) is 0.973. The maximum absolute atomic E-state index is 12.8. The number of amides is 1. The normalized spacial score (nSPS) is 12.2. The van der Waals surface area contributed by atoms with Crippen molar-refractivity contribution in [1.29, 1.82) is 0 Å². The molecule has 0 bridgehead atoms. The summed E-state index contributed by atoms with van der Waals surface area (Å²) in [5.41, 5.74) is 0.0442. The van der Waals surface area contributed by atoms with E-state index < -0.39 is 17.5 Å². The van der Waals surface area contributed by atoms with Crippen LogP contribution < -0.4 is 11.2 Å². The summed E-state index contributed by atoms with van der Waals surface area (Å²) < 4.78 is 25.4. The summed E-state index contributed by atoms with van der Waals surface area (Å²) in [6, 6.07) is 2.62. The van der Waals surface area contributed by atoms with Crippen molar-refractivity contribution >= 4 is 5.91 Å². The van der Waals surface area contributed by atoms with E-state index in [1.165, 1.54) is 6.07 Å². The van der Waals surface area contributed by atoms with Crippen molar-refractivity contribution in [2.24, 2.45) is 5.90 Å². The number of nitrogens with one attached hydrogen (secondary N) is 1. The lowest BCUT2D eigenvalue weighted by molar-refractivity contribution is 0.0857. The maximum atomic E-state index is 12.8. The molecule has 0 fully saturated rings. The predicted molar refractivity (Wildman–Crippen MR) is 53.4 cm³/mol. The molecule has 0 aliphatic heterocycles. The number of benzene rings is 1. The van der Waals surface area contributed by atoms with Crippen molar-refractivity contribution in [3.63, 3.8) is 0 Å². The van der Waals surface area contributed by atoms with Gasteiger partial charge in [0, 0.05) is 5.56 Å². The SMILES string of the molecule is CC(CON)NC(=O)c1ccc(F)c(F)c1. The zero-order chi connectivity index (χ0) is 12.1. The molecule has 0 heterocycles. The molecule has 0 aromatic heterocycles. The lowest BCUT2D eigenvalue weighted by Gasteiger charge is -2.12. The second kappa shape index (κ2) is 5.53. The number of hydrogen-bond acceptors (Lipinski definition) is 3. The largest absolute Gasteiger partial charge is 0.347 e. The van der Waals surface area contributed by atoms with Gasteiger partial charge in [0.1, 0.15) is 0 Å². The van der Waals surface area contributed by atoms with Crippen LogP contribution in [0.1, 0.15) is 17.3 Å². The molecule has 0 saturated heterocycles. The molecular weight excluding hydrogens is 218 g/mol. The summed E-state index contributed by atoms with van der Waals surface area (Å²) in [5, 5.41) is 2.51. The van der Waals surface area contributed by atoms with Crippen LogP contribution in [0.4, 0.5) is 8.78 Å². The molecule has 1 amide bonds. The highest BCUT2D eigenvalue weighted by Gasteiger charge is 2.12. The maximum Gasteiger partial charge on any atom is 0.251 e. The van der Waals surface area contributed by atoms with E-state index in [1.54, 1.807) is 6.92 Å². The van der Waals surface area contributed by atoms with Crippen LogP contribution in [-0.4, -0.2) is 18.6 Å². The number of rotatable bonds is 4. The first-order valence-electron chi connectivity index (χ1n) is 4.62. The van der Waals surface area contributed by atoms with Crippen molar-refractivity contribution in [1.82, 2.24) is 5.32 Å². The van der Waals surface area contributed by atoms with Crippen LogP contribution in [0.2, 0.25) is 0 Å². The van der Waals surface area contributed by atoms with Crippen LogP contribution in [0.25, 0.3) is 0 Å². The lowest BCUT2D eigenvalue weighted by atomic mass is 10.2. The number of halogens is 2. The number of carbonyl (C=O) groups is 1. The molecule has 4 nitrogen and oxygen atoms in total. The minimum Gasteiger partial charge on any atom is -0.347 e. The van der Waals surface area contributed by atoms with E-state index in [0.717, 1.165) is 12.1 Å². The molecular formula is C10H12F2N2O2. The fraction of sp³-hybridized carbons (Fsp3) is 0.300. The van der Waals surface area contributed by atoms with Crippen molar-refractivity contribution in [2.45, 2.75) is 13.0 Å². The highest BCUT2D eigenvalue weighted by molar-refractivity contribution is 5.94. The molecule has 1 rings (SSSR count). The summed E-state index contributed by atoms with van der Waals surface area (Å²) in [6.45, 7) is 1.81. The Hall–Kier alpha value is -1.53. The van der Waals surface area contributed by atoms with E-state index in [2.05, 4.69) is 10.2 Å². The highest BCUT2D eigenvalue weighted by atomic mass is 19.2. The van der Waals surface area contributed by atoms with Gasteiger partial charge in [-0.1, -0.05) is 0 Å². The van der Waals surface area contributed by atoms with Crippen molar-refractivity contribution < 1.29 is 18.4 Å². The molecule has 0 spiro atoms. The molecule has 1 unspecified atom stereocenters. The average molecular weight is 230 g/mol. The van der Waals surface area contributed by atoms with Gasteiger partial charge in [0.05, 0.1) is 12.6 Å². The van der Waals surface area contributed by atoms with E-state index in [-0.39, 0.29) is 18.2 Å². The lowest BCUT2D eigenvalue weighted by Crippen LogP contribution is -2.36. The van der Waals surface area contributed by atoms with Gasteiger partial charge < -0.3 is 10.2 Å². The molecule has 16 heavy (non-hydrogen) atoms. The van der Waals surface area contributed by atoms with Gasteiger partial charge in [-0.2, -0.15) is 0 Å². The van der Waals surface area contributed by atoms with Gasteiger partial charge >= 0.3 is 0 Å². The monoisotopic (exact) mass is 230 g/mol.